The lowest BCUT2D eigenvalue weighted by molar-refractivity contribution is -0.385. The van der Waals surface area contributed by atoms with Crippen molar-refractivity contribution in [2.45, 2.75) is 20.4 Å². The molecule has 104 valence electrons. The number of nitrogens with zero attached hydrogens (tertiary/aromatic N) is 3. The van der Waals surface area contributed by atoms with Gasteiger partial charge in [-0.1, -0.05) is 29.8 Å². The SMILES string of the molecule is Cc1nc(Cl)c(C)c(NCc2ccccc2[N+](=O)[O-])n1. The van der Waals surface area contributed by atoms with Crippen LogP contribution in [-0.4, -0.2) is 14.9 Å². The molecule has 1 aromatic carbocycles. The van der Waals surface area contributed by atoms with Crippen LogP contribution in [0, 0.1) is 24.0 Å². The van der Waals surface area contributed by atoms with Crippen molar-refractivity contribution in [3.8, 4) is 0 Å². The van der Waals surface area contributed by atoms with E-state index in [0.717, 1.165) is 5.56 Å². The number of para-hydroxylation sites is 1. The van der Waals surface area contributed by atoms with E-state index in [1.54, 1.807) is 32.0 Å². The van der Waals surface area contributed by atoms with Crippen LogP contribution in [-0.2, 0) is 6.54 Å². The molecule has 0 amide bonds. The number of hydrogen-bond acceptors (Lipinski definition) is 5. The maximum Gasteiger partial charge on any atom is 0.274 e. The van der Waals surface area contributed by atoms with E-state index in [-0.39, 0.29) is 5.69 Å². The second-order valence-electron chi connectivity index (χ2n) is 4.27. The molecule has 0 unspecified atom stereocenters. The lowest BCUT2D eigenvalue weighted by Gasteiger charge is -2.10. The number of aromatic nitrogens is 2. The first-order valence-corrected chi connectivity index (χ1v) is 6.33. The average molecular weight is 293 g/mol. The third kappa shape index (κ3) is 3.03. The molecule has 0 aliphatic rings. The van der Waals surface area contributed by atoms with Gasteiger partial charge in [-0.2, -0.15) is 0 Å². The Balaban J connectivity index is 2.24. The minimum absolute atomic E-state index is 0.0783. The van der Waals surface area contributed by atoms with Crippen molar-refractivity contribution < 1.29 is 4.92 Å². The van der Waals surface area contributed by atoms with Crippen LogP contribution in [0.25, 0.3) is 0 Å². The maximum atomic E-state index is 10.9. The zero-order valence-corrected chi connectivity index (χ0v) is 11.8. The van der Waals surface area contributed by atoms with Crippen molar-refractivity contribution in [3.05, 3.63) is 56.5 Å². The quantitative estimate of drug-likeness (QED) is 0.531. The molecule has 0 fully saturated rings. The fourth-order valence-corrected chi connectivity index (χ4v) is 2.00. The largest absolute Gasteiger partial charge is 0.365 e. The maximum absolute atomic E-state index is 10.9. The second kappa shape index (κ2) is 5.83. The first-order chi connectivity index (χ1) is 9.49. The van der Waals surface area contributed by atoms with E-state index >= 15 is 0 Å². The van der Waals surface area contributed by atoms with Crippen LogP contribution < -0.4 is 5.32 Å². The van der Waals surface area contributed by atoms with E-state index in [9.17, 15) is 10.1 Å². The fourth-order valence-electron chi connectivity index (χ4n) is 1.78. The number of nitro groups is 1. The summed E-state index contributed by atoms with van der Waals surface area (Å²) < 4.78 is 0. The molecule has 6 nitrogen and oxygen atoms in total. The van der Waals surface area contributed by atoms with E-state index in [1.165, 1.54) is 6.07 Å². The van der Waals surface area contributed by atoms with Crippen LogP contribution in [0.1, 0.15) is 17.0 Å². The monoisotopic (exact) mass is 292 g/mol. The summed E-state index contributed by atoms with van der Waals surface area (Å²) in [4.78, 5) is 18.8. The smallest absolute Gasteiger partial charge is 0.274 e. The third-order valence-corrected chi connectivity index (χ3v) is 3.20. The Labute approximate surface area is 121 Å². The highest BCUT2D eigenvalue weighted by Crippen LogP contribution is 2.22. The molecule has 20 heavy (non-hydrogen) atoms. The van der Waals surface area contributed by atoms with Gasteiger partial charge < -0.3 is 5.32 Å². The van der Waals surface area contributed by atoms with Gasteiger partial charge >= 0.3 is 0 Å². The van der Waals surface area contributed by atoms with Crippen LogP contribution in [0.3, 0.4) is 0 Å². The minimum Gasteiger partial charge on any atom is -0.365 e. The lowest BCUT2D eigenvalue weighted by atomic mass is 10.2. The average Bonchev–Trinajstić information content (AvgIpc) is 2.41. The van der Waals surface area contributed by atoms with Gasteiger partial charge in [-0.25, -0.2) is 9.97 Å². The Morgan fingerprint density at radius 1 is 1.30 bits per heavy atom. The van der Waals surface area contributed by atoms with E-state index in [1.807, 2.05) is 0 Å². The van der Waals surface area contributed by atoms with Crippen LogP contribution in [0.2, 0.25) is 5.15 Å². The summed E-state index contributed by atoms with van der Waals surface area (Å²) >= 11 is 5.98. The van der Waals surface area contributed by atoms with Gasteiger partial charge in [-0.3, -0.25) is 10.1 Å². The first kappa shape index (κ1) is 14.2. The molecule has 1 aromatic heterocycles. The number of aryl methyl sites for hydroxylation is 1. The van der Waals surface area contributed by atoms with E-state index in [0.29, 0.717) is 28.9 Å². The van der Waals surface area contributed by atoms with Crippen molar-refractivity contribution in [2.75, 3.05) is 5.32 Å². The minimum atomic E-state index is -0.401. The van der Waals surface area contributed by atoms with Gasteiger partial charge in [0, 0.05) is 23.7 Å². The number of nitro benzene ring substituents is 1. The summed E-state index contributed by atoms with van der Waals surface area (Å²) in [5.74, 6) is 1.13. The molecule has 0 aliphatic carbocycles. The summed E-state index contributed by atoms with van der Waals surface area (Å²) in [6, 6.07) is 6.58. The van der Waals surface area contributed by atoms with Crippen molar-refractivity contribution in [1.29, 1.82) is 0 Å². The van der Waals surface area contributed by atoms with Gasteiger partial charge in [0.25, 0.3) is 5.69 Å². The molecule has 1 heterocycles. The van der Waals surface area contributed by atoms with E-state index in [4.69, 9.17) is 11.6 Å². The van der Waals surface area contributed by atoms with Gasteiger partial charge in [0.2, 0.25) is 0 Å². The molecular weight excluding hydrogens is 280 g/mol. The van der Waals surface area contributed by atoms with Crippen molar-refractivity contribution in [2.24, 2.45) is 0 Å². The highest BCUT2D eigenvalue weighted by atomic mass is 35.5. The molecule has 0 radical (unpaired) electrons. The number of benzene rings is 1. The molecule has 0 bridgehead atoms. The number of nitrogens with one attached hydrogen (secondary N) is 1. The molecule has 2 rings (SSSR count). The van der Waals surface area contributed by atoms with Crippen molar-refractivity contribution in [1.82, 2.24) is 9.97 Å². The van der Waals surface area contributed by atoms with Gasteiger partial charge in [0.05, 0.1) is 4.92 Å². The molecule has 7 heteroatoms. The van der Waals surface area contributed by atoms with Gasteiger partial charge in [0.1, 0.15) is 16.8 Å². The van der Waals surface area contributed by atoms with Crippen LogP contribution in [0.4, 0.5) is 11.5 Å². The zero-order valence-electron chi connectivity index (χ0n) is 11.1. The normalized spacial score (nSPS) is 10.3. The van der Waals surface area contributed by atoms with Crippen LogP contribution >= 0.6 is 11.6 Å². The summed E-state index contributed by atoms with van der Waals surface area (Å²) in [5, 5.41) is 14.4. The van der Waals surface area contributed by atoms with Crippen LogP contribution in [0.15, 0.2) is 24.3 Å². The molecular formula is C13H13ClN4O2. The molecule has 0 atom stereocenters. The topological polar surface area (TPSA) is 81.0 Å². The van der Waals surface area contributed by atoms with Crippen molar-refractivity contribution in [3.63, 3.8) is 0 Å². The van der Waals surface area contributed by atoms with Gasteiger partial charge in [-0.05, 0) is 13.8 Å². The summed E-state index contributed by atoms with van der Waals surface area (Å²) in [6.07, 6.45) is 0. The van der Waals surface area contributed by atoms with Crippen molar-refractivity contribution >= 4 is 23.1 Å². The Hall–Kier alpha value is -2.21. The van der Waals surface area contributed by atoms with E-state index in [2.05, 4.69) is 15.3 Å². The van der Waals surface area contributed by atoms with Crippen LogP contribution in [0.5, 0.6) is 0 Å². The lowest BCUT2D eigenvalue weighted by Crippen LogP contribution is -2.07. The molecule has 0 spiro atoms. The zero-order chi connectivity index (χ0) is 14.7. The third-order valence-electron chi connectivity index (χ3n) is 2.83. The Bertz CT molecular complexity index is 661. The summed E-state index contributed by atoms with van der Waals surface area (Å²) in [7, 11) is 0. The summed E-state index contributed by atoms with van der Waals surface area (Å²) in [6.45, 7) is 3.83. The Morgan fingerprint density at radius 3 is 2.70 bits per heavy atom. The van der Waals surface area contributed by atoms with E-state index < -0.39 is 4.92 Å². The molecule has 0 aliphatic heterocycles. The van der Waals surface area contributed by atoms with Gasteiger partial charge in [-0.15, -0.1) is 0 Å². The Morgan fingerprint density at radius 2 is 2.00 bits per heavy atom. The first-order valence-electron chi connectivity index (χ1n) is 5.96. The fraction of sp³-hybridized carbons (Fsp3) is 0.231. The Kier molecular flexibility index (Phi) is 4.14. The van der Waals surface area contributed by atoms with Gasteiger partial charge in [0.15, 0.2) is 0 Å². The number of halogens is 1. The predicted molar refractivity (Wildman–Crippen MR) is 76.9 cm³/mol. The molecule has 1 N–H and O–H groups in total. The number of hydrogen-bond donors (Lipinski definition) is 1. The highest BCUT2D eigenvalue weighted by Gasteiger charge is 2.13. The standard InChI is InChI=1S/C13H13ClN4O2/c1-8-12(14)16-9(2)17-13(8)15-7-10-5-3-4-6-11(10)18(19)20/h3-6H,7H2,1-2H3,(H,15,16,17). The molecule has 0 saturated carbocycles. The summed E-state index contributed by atoms with van der Waals surface area (Å²) in [5.41, 5.74) is 1.38. The molecule has 0 saturated heterocycles. The molecule has 2 aromatic rings. The predicted octanol–water partition coefficient (Wildman–Crippen LogP) is 3.27. The second-order valence-corrected chi connectivity index (χ2v) is 4.63. The highest BCUT2D eigenvalue weighted by molar-refractivity contribution is 6.30. The number of anilines is 1. The number of rotatable bonds is 4.